The number of aliphatic hydroxyl groups is 1. The van der Waals surface area contributed by atoms with Gasteiger partial charge in [-0.1, -0.05) is 19.3 Å². The van der Waals surface area contributed by atoms with Crippen LogP contribution in [0.5, 0.6) is 0 Å². The van der Waals surface area contributed by atoms with Gasteiger partial charge in [0.25, 0.3) is 0 Å². The molecule has 0 unspecified atom stereocenters. The molecule has 5 nitrogen and oxygen atoms in total. The number of piperazine rings is 1. The van der Waals surface area contributed by atoms with Gasteiger partial charge in [0.1, 0.15) is 0 Å². The average molecular weight is 306 g/mol. The summed E-state index contributed by atoms with van der Waals surface area (Å²) in [6, 6.07) is 1.27. The minimum Gasteiger partial charge on any atom is -0.396 e. The molecule has 1 saturated heterocycles. The van der Waals surface area contributed by atoms with E-state index in [1.54, 1.807) is 0 Å². The lowest BCUT2D eigenvalue weighted by Crippen LogP contribution is -2.56. The Balaban J connectivity index is 1.59. The monoisotopic (exact) mass is 306 g/mol. The normalized spacial score (nSPS) is 25.6. The Hall–Kier alpha value is -0.910. The summed E-state index contributed by atoms with van der Waals surface area (Å²) in [6.07, 6.45) is 11.8. The Labute approximate surface area is 133 Å². The van der Waals surface area contributed by atoms with Crippen molar-refractivity contribution in [1.29, 1.82) is 0 Å². The Morgan fingerprint density at radius 1 is 1.23 bits per heavy atom. The number of hydrogen-bond donors (Lipinski definition) is 1. The third-order valence-electron chi connectivity index (χ3n) is 5.28. The zero-order chi connectivity index (χ0) is 15.4. The second-order valence-corrected chi connectivity index (χ2v) is 6.95. The van der Waals surface area contributed by atoms with Crippen LogP contribution >= 0.6 is 0 Å². The zero-order valence-corrected chi connectivity index (χ0v) is 13.8. The minimum absolute atomic E-state index is 0.300. The highest BCUT2D eigenvalue weighted by Gasteiger charge is 2.32. The second-order valence-electron chi connectivity index (χ2n) is 6.95. The summed E-state index contributed by atoms with van der Waals surface area (Å²) in [5, 5.41) is 13.7. The van der Waals surface area contributed by atoms with Gasteiger partial charge in [0.15, 0.2) is 0 Å². The largest absolute Gasteiger partial charge is 0.396 e. The zero-order valence-electron chi connectivity index (χ0n) is 13.8. The van der Waals surface area contributed by atoms with Crippen LogP contribution in [-0.4, -0.2) is 63.0 Å². The van der Waals surface area contributed by atoms with Crippen molar-refractivity contribution >= 4 is 0 Å². The van der Waals surface area contributed by atoms with E-state index in [9.17, 15) is 5.11 Å². The minimum atomic E-state index is 0.300. The van der Waals surface area contributed by atoms with Crippen LogP contribution in [0.1, 0.15) is 44.1 Å². The molecular formula is C17H30N4O. The summed E-state index contributed by atoms with van der Waals surface area (Å²) in [5.41, 5.74) is 1.29. The van der Waals surface area contributed by atoms with Crippen LogP contribution in [0.2, 0.25) is 0 Å². The number of aromatic nitrogens is 2. The van der Waals surface area contributed by atoms with Crippen molar-refractivity contribution in [3.05, 3.63) is 18.0 Å². The van der Waals surface area contributed by atoms with Gasteiger partial charge in [-0.05, 0) is 19.3 Å². The highest BCUT2D eigenvalue weighted by Crippen LogP contribution is 2.27. The van der Waals surface area contributed by atoms with Crippen LogP contribution in [0, 0.1) is 0 Å². The van der Waals surface area contributed by atoms with Gasteiger partial charge in [-0.2, -0.15) is 5.10 Å². The predicted octanol–water partition coefficient (Wildman–Crippen LogP) is 1.62. The van der Waals surface area contributed by atoms with E-state index in [2.05, 4.69) is 21.1 Å². The summed E-state index contributed by atoms with van der Waals surface area (Å²) in [5.74, 6) is 0. The van der Waals surface area contributed by atoms with Crippen LogP contribution in [0.3, 0.4) is 0 Å². The molecule has 0 radical (unpaired) electrons. The topological polar surface area (TPSA) is 44.5 Å². The molecule has 0 aromatic carbocycles. The van der Waals surface area contributed by atoms with Crippen LogP contribution in [0.4, 0.5) is 0 Å². The van der Waals surface area contributed by atoms with Gasteiger partial charge in [0.2, 0.25) is 0 Å². The standard InChI is InChI=1S/C17H30N4O/c1-19-12-15(11-18-19)13-20-8-9-21(17(14-20)7-10-22)16-5-3-2-4-6-16/h11-12,16-17,22H,2-10,13-14H2,1H3/t17-/m0/s1. The lowest BCUT2D eigenvalue weighted by molar-refractivity contribution is 0.0137. The Kier molecular flexibility index (Phi) is 5.50. The SMILES string of the molecule is Cn1cc(CN2CCN(C3CCCCC3)[C@@H](CCO)C2)cn1. The molecule has 3 rings (SSSR count). The summed E-state index contributed by atoms with van der Waals surface area (Å²) >= 11 is 0. The van der Waals surface area contributed by atoms with Gasteiger partial charge in [-0.3, -0.25) is 14.5 Å². The number of aliphatic hydroxyl groups excluding tert-OH is 1. The maximum Gasteiger partial charge on any atom is 0.0534 e. The van der Waals surface area contributed by atoms with E-state index in [1.807, 2.05) is 17.9 Å². The summed E-state index contributed by atoms with van der Waals surface area (Å²) < 4.78 is 1.87. The Bertz CT molecular complexity index is 455. The molecule has 1 N–H and O–H groups in total. The van der Waals surface area contributed by atoms with Crippen LogP contribution in [0.25, 0.3) is 0 Å². The highest BCUT2D eigenvalue weighted by atomic mass is 16.3. The van der Waals surface area contributed by atoms with Gasteiger partial charge in [-0.15, -0.1) is 0 Å². The molecule has 1 aromatic heterocycles. The second kappa shape index (κ2) is 7.57. The molecule has 5 heteroatoms. The lowest BCUT2D eigenvalue weighted by Gasteiger charge is -2.46. The predicted molar refractivity (Wildman–Crippen MR) is 87.6 cm³/mol. The Morgan fingerprint density at radius 2 is 2.05 bits per heavy atom. The van der Waals surface area contributed by atoms with Gasteiger partial charge in [0.05, 0.1) is 6.20 Å². The van der Waals surface area contributed by atoms with Gasteiger partial charge in [-0.25, -0.2) is 0 Å². The van der Waals surface area contributed by atoms with Gasteiger partial charge in [0, 0.05) is 63.7 Å². The molecule has 2 fully saturated rings. The molecule has 22 heavy (non-hydrogen) atoms. The fourth-order valence-electron chi connectivity index (χ4n) is 4.19. The van der Waals surface area contributed by atoms with Crippen LogP contribution < -0.4 is 0 Å². The van der Waals surface area contributed by atoms with E-state index in [1.165, 1.54) is 37.7 Å². The third-order valence-corrected chi connectivity index (χ3v) is 5.28. The van der Waals surface area contributed by atoms with E-state index >= 15 is 0 Å². The summed E-state index contributed by atoms with van der Waals surface area (Å²) in [4.78, 5) is 5.23. The molecule has 0 bridgehead atoms. The third kappa shape index (κ3) is 3.89. The molecule has 1 atom stereocenters. The Morgan fingerprint density at radius 3 is 2.73 bits per heavy atom. The molecule has 124 valence electrons. The van der Waals surface area contributed by atoms with E-state index in [0.717, 1.165) is 38.6 Å². The maximum absolute atomic E-state index is 9.46. The summed E-state index contributed by atoms with van der Waals surface area (Å²) in [7, 11) is 1.97. The fourth-order valence-corrected chi connectivity index (χ4v) is 4.19. The van der Waals surface area contributed by atoms with Crippen molar-refractivity contribution < 1.29 is 5.11 Å². The molecular weight excluding hydrogens is 276 g/mol. The number of rotatable bonds is 5. The molecule has 1 aliphatic heterocycles. The fraction of sp³-hybridized carbons (Fsp3) is 0.824. The van der Waals surface area contributed by atoms with E-state index in [-0.39, 0.29) is 0 Å². The first-order chi connectivity index (χ1) is 10.8. The first-order valence-electron chi connectivity index (χ1n) is 8.83. The smallest absolute Gasteiger partial charge is 0.0534 e. The number of aryl methyl sites for hydroxylation is 1. The van der Waals surface area contributed by atoms with Crippen molar-refractivity contribution in [1.82, 2.24) is 19.6 Å². The van der Waals surface area contributed by atoms with Crippen LogP contribution in [0.15, 0.2) is 12.4 Å². The molecule has 2 aliphatic rings. The molecule has 0 amide bonds. The quantitative estimate of drug-likeness (QED) is 0.898. The number of nitrogens with zero attached hydrogens (tertiary/aromatic N) is 4. The van der Waals surface area contributed by atoms with Gasteiger partial charge >= 0.3 is 0 Å². The first kappa shape index (κ1) is 16.0. The molecule has 0 spiro atoms. The lowest BCUT2D eigenvalue weighted by atomic mass is 9.92. The van der Waals surface area contributed by atoms with Crippen molar-refractivity contribution in [3.8, 4) is 0 Å². The van der Waals surface area contributed by atoms with E-state index in [4.69, 9.17) is 0 Å². The maximum atomic E-state index is 9.46. The number of hydrogen-bond acceptors (Lipinski definition) is 4. The van der Waals surface area contributed by atoms with Crippen molar-refractivity contribution in [2.75, 3.05) is 26.2 Å². The van der Waals surface area contributed by atoms with E-state index in [0.29, 0.717) is 12.6 Å². The van der Waals surface area contributed by atoms with Crippen molar-refractivity contribution in [2.45, 2.75) is 57.2 Å². The molecule has 1 aromatic rings. The molecule has 2 heterocycles. The summed E-state index contributed by atoms with van der Waals surface area (Å²) in [6.45, 7) is 4.64. The highest BCUT2D eigenvalue weighted by molar-refractivity contribution is 5.04. The first-order valence-corrected chi connectivity index (χ1v) is 8.83. The van der Waals surface area contributed by atoms with Crippen molar-refractivity contribution in [3.63, 3.8) is 0 Å². The van der Waals surface area contributed by atoms with Gasteiger partial charge < -0.3 is 5.11 Å². The van der Waals surface area contributed by atoms with Crippen LogP contribution in [-0.2, 0) is 13.6 Å². The van der Waals surface area contributed by atoms with Crippen molar-refractivity contribution in [2.24, 2.45) is 7.05 Å². The average Bonchev–Trinajstić information content (AvgIpc) is 2.94. The molecule has 1 aliphatic carbocycles. The van der Waals surface area contributed by atoms with E-state index < -0.39 is 0 Å². The molecule has 1 saturated carbocycles.